The van der Waals surface area contributed by atoms with Gasteiger partial charge in [0.1, 0.15) is 5.76 Å². The van der Waals surface area contributed by atoms with Gasteiger partial charge in [-0.1, -0.05) is 11.2 Å². The zero-order chi connectivity index (χ0) is 15.4. The second-order valence-corrected chi connectivity index (χ2v) is 4.35. The topological polar surface area (TPSA) is 87.4 Å². The molecule has 0 aliphatic rings. The van der Waals surface area contributed by atoms with E-state index in [9.17, 15) is 18.7 Å². The van der Waals surface area contributed by atoms with E-state index in [1.165, 1.54) is 12.1 Å². The molecular weight excluding hydrogens is 284 g/mol. The molecule has 1 atom stereocenters. The Morgan fingerprint density at radius 2 is 2.14 bits per heavy atom. The van der Waals surface area contributed by atoms with E-state index >= 15 is 0 Å². The Hall–Kier alpha value is -2.48. The minimum atomic E-state index is -1.16. The number of rotatable bonds is 4. The number of carbonyl (C=O) groups is 1. The summed E-state index contributed by atoms with van der Waals surface area (Å²) in [7, 11) is 0. The van der Waals surface area contributed by atoms with Crippen LogP contribution in [0, 0.1) is 18.6 Å². The number of hydrogen-bond acceptors (Lipinski definition) is 4. The van der Waals surface area contributed by atoms with Gasteiger partial charge in [-0.2, -0.15) is 0 Å². The summed E-state index contributed by atoms with van der Waals surface area (Å²) in [6, 6.07) is 3.94. The standard InChI is InChI=1S/C13H13F2N3O3/c1-7-4-12(18-21-7)17-13(20)16-6-11(19)8-2-3-9(14)10(15)5-8/h2-5,11,19H,6H2,1H3,(H2,16,17,18,20)/t11-/m1/s1. The number of benzene rings is 1. The van der Waals surface area contributed by atoms with Gasteiger partial charge in [-0.25, -0.2) is 13.6 Å². The lowest BCUT2D eigenvalue weighted by Gasteiger charge is -2.12. The van der Waals surface area contributed by atoms with E-state index in [0.29, 0.717) is 5.76 Å². The highest BCUT2D eigenvalue weighted by atomic mass is 19.2. The van der Waals surface area contributed by atoms with Crippen LogP contribution in [-0.2, 0) is 0 Å². The second-order valence-electron chi connectivity index (χ2n) is 4.35. The summed E-state index contributed by atoms with van der Waals surface area (Å²) in [5.74, 6) is -1.30. The smallest absolute Gasteiger partial charge is 0.320 e. The Bertz CT molecular complexity index is 645. The van der Waals surface area contributed by atoms with Gasteiger partial charge in [0.25, 0.3) is 0 Å². The molecule has 112 valence electrons. The van der Waals surface area contributed by atoms with Crippen molar-refractivity contribution in [3.05, 3.63) is 47.2 Å². The van der Waals surface area contributed by atoms with Crippen molar-refractivity contribution in [1.29, 1.82) is 0 Å². The van der Waals surface area contributed by atoms with E-state index in [-0.39, 0.29) is 17.9 Å². The van der Waals surface area contributed by atoms with Crippen molar-refractivity contribution >= 4 is 11.8 Å². The average molecular weight is 297 g/mol. The minimum Gasteiger partial charge on any atom is -0.387 e. The Morgan fingerprint density at radius 3 is 2.76 bits per heavy atom. The molecule has 1 heterocycles. The van der Waals surface area contributed by atoms with Crippen molar-refractivity contribution in [3.8, 4) is 0 Å². The predicted octanol–water partition coefficient (Wildman–Crippen LogP) is 2.12. The summed E-state index contributed by atoms with van der Waals surface area (Å²) in [6.45, 7) is 1.50. The highest BCUT2D eigenvalue weighted by Gasteiger charge is 2.13. The molecule has 6 nitrogen and oxygen atoms in total. The predicted molar refractivity (Wildman–Crippen MR) is 69.6 cm³/mol. The molecule has 0 fully saturated rings. The van der Waals surface area contributed by atoms with Crippen molar-refractivity contribution in [2.45, 2.75) is 13.0 Å². The molecule has 0 radical (unpaired) electrons. The number of halogens is 2. The monoisotopic (exact) mass is 297 g/mol. The van der Waals surface area contributed by atoms with Gasteiger partial charge < -0.3 is 14.9 Å². The largest absolute Gasteiger partial charge is 0.387 e. The maximum Gasteiger partial charge on any atom is 0.320 e. The summed E-state index contributed by atoms with van der Waals surface area (Å²) in [6.07, 6.45) is -1.16. The van der Waals surface area contributed by atoms with Crippen LogP contribution in [0.25, 0.3) is 0 Å². The summed E-state index contributed by atoms with van der Waals surface area (Å²) in [4.78, 5) is 11.5. The number of aryl methyl sites for hydroxylation is 1. The number of anilines is 1. The van der Waals surface area contributed by atoms with Crippen LogP contribution in [-0.4, -0.2) is 22.8 Å². The number of aromatic nitrogens is 1. The van der Waals surface area contributed by atoms with Crippen LogP contribution in [0.2, 0.25) is 0 Å². The number of amides is 2. The molecule has 0 aliphatic carbocycles. The van der Waals surface area contributed by atoms with Crippen molar-refractivity contribution in [3.63, 3.8) is 0 Å². The molecule has 0 saturated carbocycles. The third-order valence-corrected chi connectivity index (χ3v) is 2.65. The lowest BCUT2D eigenvalue weighted by atomic mass is 10.1. The van der Waals surface area contributed by atoms with Crippen LogP contribution in [0.15, 0.2) is 28.8 Å². The van der Waals surface area contributed by atoms with Gasteiger partial charge in [0.15, 0.2) is 17.5 Å². The molecule has 0 saturated heterocycles. The Morgan fingerprint density at radius 1 is 1.38 bits per heavy atom. The van der Waals surface area contributed by atoms with Crippen LogP contribution in [0.4, 0.5) is 19.4 Å². The van der Waals surface area contributed by atoms with Gasteiger partial charge in [-0.05, 0) is 24.6 Å². The number of carbonyl (C=O) groups excluding carboxylic acids is 1. The van der Waals surface area contributed by atoms with Crippen LogP contribution in [0.1, 0.15) is 17.4 Å². The summed E-state index contributed by atoms with van der Waals surface area (Å²) < 4.78 is 30.6. The SMILES string of the molecule is Cc1cc(NC(=O)NC[C@@H](O)c2ccc(F)c(F)c2)no1. The lowest BCUT2D eigenvalue weighted by molar-refractivity contribution is 0.174. The molecule has 2 amide bonds. The molecule has 0 spiro atoms. The highest BCUT2D eigenvalue weighted by Crippen LogP contribution is 2.15. The van der Waals surface area contributed by atoms with Crippen LogP contribution in [0.5, 0.6) is 0 Å². The maximum absolute atomic E-state index is 13.0. The van der Waals surface area contributed by atoms with Crippen molar-refractivity contribution in [2.75, 3.05) is 11.9 Å². The fourth-order valence-electron chi connectivity index (χ4n) is 1.61. The number of hydrogen-bond donors (Lipinski definition) is 3. The lowest BCUT2D eigenvalue weighted by Crippen LogP contribution is -2.32. The summed E-state index contributed by atoms with van der Waals surface area (Å²) in [5.41, 5.74) is 0.159. The molecule has 1 aromatic heterocycles. The van der Waals surface area contributed by atoms with E-state index in [0.717, 1.165) is 12.1 Å². The van der Waals surface area contributed by atoms with E-state index in [2.05, 4.69) is 15.8 Å². The maximum atomic E-state index is 13.0. The molecule has 8 heteroatoms. The van der Waals surface area contributed by atoms with Crippen LogP contribution in [0.3, 0.4) is 0 Å². The van der Waals surface area contributed by atoms with Gasteiger partial charge in [-0.3, -0.25) is 5.32 Å². The molecule has 3 N–H and O–H groups in total. The van der Waals surface area contributed by atoms with Crippen LogP contribution >= 0.6 is 0 Å². The number of nitrogens with one attached hydrogen (secondary N) is 2. The number of aliphatic hydroxyl groups is 1. The van der Waals surface area contributed by atoms with Crippen LogP contribution < -0.4 is 10.6 Å². The molecular formula is C13H13F2N3O3. The first-order chi connectivity index (χ1) is 9.95. The van der Waals surface area contributed by atoms with E-state index in [1.807, 2.05) is 0 Å². The van der Waals surface area contributed by atoms with Gasteiger partial charge >= 0.3 is 6.03 Å². The third-order valence-electron chi connectivity index (χ3n) is 2.65. The molecule has 0 aliphatic heterocycles. The Labute approximate surface area is 118 Å². The van der Waals surface area contributed by atoms with Gasteiger partial charge in [-0.15, -0.1) is 0 Å². The van der Waals surface area contributed by atoms with Crippen molar-refractivity contribution in [1.82, 2.24) is 10.5 Å². The van der Waals surface area contributed by atoms with Gasteiger partial charge in [0.2, 0.25) is 0 Å². The fourth-order valence-corrected chi connectivity index (χ4v) is 1.61. The molecule has 2 rings (SSSR count). The van der Waals surface area contributed by atoms with Crippen molar-refractivity contribution < 1.29 is 23.2 Å². The molecule has 2 aromatic rings. The molecule has 0 bridgehead atoms. The normalized spacial score (nSPS) is 12.0. The minimum absolute atomic E-state index is 0.159. The summed E-state index contributed by atoms with van der Waals surface area (Å²) in [5, 5.41) is 18.1. The first-order valence-corrected chi connectivity index (χ1v) is 6.07. The van der Waals surface area contributed by atoms with E-state index in [1.54, 1.807) is 6.92 Å². The van der Waals surface area contributed by atoms with Gasteiger partial charge in [0.05, 0.1) is 6.10 Å². The summed E-state index contributed by atoms with van der Waals surface area (Å²) >= 11 is 0. The number of aliphatic hydroxyl groups excluding tert-OH is 1. The highest BCUT2D eigenvalue weighted by molar-refractivity contribution is 5.88. The molecule has 21 heavy (non-hydrogen) atoms. The first-order valence-electron chi connectivity index (χ1n) is 6.07. The second kappa shape index (κ2) is 6.31. The van der Waals surface area contributed by atoms with E-state index in [4.69, 9.17) is 4.52 Å². The van der Waals surface area contributed by atoms with E-state index < -0.39 is 23.8 Å². The number of nitrogens with zero attached hydrogens (tertiary/aromatic N) is 1. The van der Waals surface area contributed by atoms with Gasteiger partial charge in [0, 0.05) is 12.6 Å². The zero-order valence-electron chi connectivity index (χ0n) is 11.1. The number of urea groups is 1. The molecule has 0 unspecified atom stereocenters. The fraction of sp³-hybridized carbons (Fsp3) is 0.231. The zero-order valence-corrected chi connectivity index (χ0v) is 11.1. The average Bonchev–Trinajstić information content (AvgIpc) is 2.84. The molecule has 1 aromatic carbocycles. The third kappa shape index (κ3) is 3.99. The Kier molecular flexibility index (Phi) is 4.49. The Balaban J connectivity index is 1.86. The quantitative estimate of drug-likeness (QED) is 0.806. The van der Waals surface area contributed by atoms with Crippen molar-refractivity contribution in [2.24, 2.45) is 0 Å². The first kappa shape index (κ1) is 14.9.